The van der Waals surface area contributed by atoms with Crippen molar-refractivity contribution in [2.45, 2.75) is 31.9 Å². The van der Waals surface area contributed by atoms with E-state index >= 15 is 0 Å². The van der Waals surface area contributed by atoms with Gasteiger partial charge in [0, 0.05) is 29.5 Å². The van der Waals surface area contributed by atoms with E-state index in [1.807, 2.05) is 0 Å². The fraction of sp³-hybridized carbons (Fsp3) is 0.316. The molecule has 0 N–H and O–H groups in total. The Balaban J connectivity index is 1.99. The molecule has 0 bridgehead atoms. The summed E-state index contributed by atoms with van der Waals surface area (Å²) < 4.78 is 81.8. The third-order valence-corrected chi connectivity index (χ3v) is 4.62. The molecule has 0 aliphatic carbocycles. The van der Waals surface area contributed by atoms with Gasteiger partial charge in [-0.3, -0.25) is 4.79 Å². The van der Waals surface area contributed by atoms with E-state index in [0.717, 1.165) is 34.1 Å². The summed E-state index contributed by atoms with van der Waals surface area (Å²) in [5, 5.41) is 3.67. The fourth-order valence-corrected chi connectivity index (χ4v) is 3.22. The maximum absolute atomic E-state index is 13.2. The minimum absolute atomic E-state index is 0.0236. The molecular weight excluding hydrogens is 494 g/mol. The number of carbonyl (C=O) groups is 1. The Bertz CT molecular complexity index is 1140. The van der Waals surface area contributed by atoms with Gasteiger partial charge in [-0.1, -0.05) is 11.6 Å². The van der Waals surface area contributed by atoms with Gasteiger partial charge in [0.05, 0.1) is 12.5 Å². The number of amides is 1. The molecule has 0 aliphatic rings. The second kappa shape index (κ2) is 9.83. The maximum Gasteiger partial charge on any atom is 0.573 e. The normalized spacial score (nSPS) is 12.9. The topological polar surface area (TPSA) is 86.0 Å². The molecule has 3 aromatic rings. The van der Waals surface area contributed by atoms with Gasteiger partial charge in [-0.05, 0) is 31.2 Å². The zero-order valence-electron chi connectivity index (χ0n) is 17.2. The molecular formula is C19H15ClF6N6O2. The second-order valence-electron chi connectivity index (χ2n) is 6.84. The van der Waals surface area contributed by atoms with Crippen molar-refractivity contribution in [3.63, 3.8) is 0 Å². The Labute approximate surface area is 193 Å². The van der Waals surface area contributed by atoms with E-state index in [1.165, 1.54) is 25.4 Å². The predicted molar refractivity (Wildman–Crippen MR) is 105 cm³/mol. The summed E-state index contributed by atoms with van der Waals surface area (Å²) >= 11 is 5.82. The Kier molecular flexibility index (Phi) is 7.29. The number of alkyl halides is 6. The molecule has 0 saturated heterocycles. The van der Waals surface area contributed by atoms with Gasteiger partial charge in [-0.25, -0.2) is 15.0 Å². The molecule has 15 heteroatoms. The average Bonchev–Trinajstić information content (AvgIpc) is 3.21. The van der Waals surface area contributed by atoms with Crippen LogP contribution >= 0.6 is 11.6 Å². The predicted octanol–water partition coefficient (Wildman–Crippen LogP) is 4.77. The van der Waals surface area contributed by atoms with Crippen molar-refractivity contribution in [3.05, 3.63) is 59.4 Å². The molecule has 8 nitrogen and oxygen atoms in total. The summed E-state index contributed by atoms with van der Waals surface area (Å²) in [5.74, 6) is -1.76. The number of aromatic nitrogens is 5. The molecule has 1 atom stereocenters. The van der Waals surface area contributed by atoms with Crippen molar-refractivity contribution in [1.82, 2.24) is 29.6 Å². The lowest BCUT2D eigenvalue weighted by molar-refractivity contribution is -0.274. The molecule has 0 fully saturated rings. The minimum atomic E-state index is -5.07. The van der Waals surface area contributed by atoms with Gasteiger partial charge in [-0.15, -0.1) is 13.2 Å². The number of hydrogen-bond donors (Lipinski definition) is 0. The van der Waals surface area contributed by atoms with E-state index in [-0.39, 0.29) is 16.8 Å². The van der Waals surface area contributed by atoms with Gasteiger partial charge in [0.15, 0.2) is 5.82 Å². The van der Waals surface area contributed by atoms with Crippen molar-refractivity contribution in [1.29, 1.82) is 0 Å². The van der Waals surface area contributed by atoms with Crippen LogP contribution in [0.4, 0.5) is 26.3 Å². The molecule has 0 spiro atoms. The molecule has 3 rings (SSSR count). The van der Waals surface area contributed by atoms with E-state index in [9.17, 15) is 31.1 Å². The third kappa shape index (κ3) is 6.56. The van der Waals surface area contributed by atoms with E-state index in [4.69, 9.17) is 11.6 Å². The van der Waals surface area contributed by atoms with Crippen molar-refractivity contribution in [2.75, 3.05) is 6.54 Å². The Morgan fingerprint density at radius 3 is 2.41 bits per heavy atom. The molecule has 0 aliphatic heterocycles. The molecule has 1 unspecified atom stereocenters. The zero-order chi connectivity index (χ0) is 25.1. The van der Waals surface area contributed by atoms with Crippen molar-refractivity contribution in [3.8, 4) is 11.7 Å². The van der Waals surface area contributed by atoms with Crippen molar-refractivity contribution in [2.24, 2.45) is 0 Å². The number of halogens is 7. The van der Waals surface area contributed by atoms with Crippen LogP contribution in [0.15, 0.2) is 43.0 Å². The van der Waals surface area contributed by atoms with E-state index in [2.05, 4.69) is 24.8 Å². The van der Waals surface area contributed by atoms with Crippen LogP contribution < -0.4 is 4.74 Å². The smallest absolute Gasteiger partial charge is 0.406 e. The molecule has 0 saturated carbocycles. The monoisotopic (exact) mass is 508 g/mol. The van der Waals surface area contributed by atoms with E-state index in [0.29, 0.717) is 0 Å². The van der Waals surface area contributed by atoms with Crippen LogP contribution in [-0.2, 0) is 0 Å². The number of carbonyl (C=O) groups excluding carboxylic acids is 1. The molecule has 34 heavy (non-hydrogen) atoms. The third-order valence-electron chi connectivity index (χ3n) is 4.41. The van der Waals surface area contributed by atoms with Crippen LogP contribution in [-0.4, -0.2) is 54.6 Å². The van der Waals surface area contributed by atoms with Crippen molar-refractivity contribution < 1.29 is 35.9 Å². The number of rotatable bonds is 7. The molecule has 1 aromatic carbocycles. The fourth-order valence-electron chi connectivity index (χ4n) is 2.99. The first-order valence-electron chi connectivity index (χ1n) is 9.45. The number of hydrogen-bond acceptors (Lipinski definition) is 6. The van der Waals surface area contributed by atoms with E-state index in [1.54, 1.807) is 0 Å². The van der Waals surface area contributed by atoms with Crippen LogP contribution in [0.3, 0.4) is 0 Å². The largest absolute Gasteiger partial charge is 0.573 e. The van der Waals surface area contributed by atoms with Crippen LogP contribution in [0.25, 0.3) is 5.95 Å². The summed E-state index contributed by atoms with van der Waals surface area (Å²) in [6.07, 6.45) is -7.17. The van der Waals surface area contributed by atoms with Crippen molar-refractivity contribution >= 4 is 17.5 Å². The van der Waals surface area contributed by atoms with Gasteiger partial charge >= 0.3 is 12.5 Å². The standard InChI is InChI=1S/C19H15ClF6N6O2/c1-11(15-29-10-30-32(15)17-27-4-2-5-28-17)31(6-3-18(21,22)23)16(33)12-7-13(20)9-14(8-12)34-19(24,25)26/h2,4-5,7-11H,3,6H2,1H3. The van der Waals surface area contributed by atoms with Gasteiger partial charge < -0.3 is 9.64 Å². The number of ether oxygens (including phenoxy) is 1. The highest BCUT2D eigenvalue weighted by molar-refractivity contribution is 6.31. The van der Waals surface area contributed by atoms with Gasteiger partial charge in [0.1, 0.15) is 12.1 Å². The van der Waals surface area contributed by atoms with Gasteiger partial charge in [0.25, 0.3) is 11.9 Å². The Hall–Kier alpha value is -3.42. The lowest BCUT2D eigenvalue weighted by Gasteiger charge is -2.29. The first-order valence-corrected chi connectivity index (χ1v) is 9.83. The second-order valence-corrected chi connectivity index (χ2v) is 7.28. The zero-order valence-corrected chi connectivity index (χ0v) is 17.9. The molecule has 2 aromatic heterocycles. The summed E-state index contributed by atoms with van der Waals surface area (Å²) in [6, 6.07) is 2.99. The number of nitrogens with zero attached hydrogens (tertiary/aromatic N) is 6. The van der Waals surface area contributed by atoms with E-state index < -0.39 is 48.8 Å². The molecule has 182 valence electrons. The highest BCUT2D eigenvalue weighted by Gasteiger charge is 2.35. The van der Waals surface area contributed by atoms with Gasteiger partial charge in [-0.2, -0.15) is 23.0 Å². The quantitative estimate of drug-likeness (QED) is 0.428. The molecule has 0 radical (unpaired) electrons. The minimum Gasteiger partial charge on any atom is -0.406 e. The summed E-state index contributed by atoms with van der Waals surface area (Å²) in [5.41, 5.74) is -0.414. The average molecular weight is 509 g/mol. The maximum atomic E-state index is 13.2. The van der Waals surface area contributed by atoms with Crippen LogP contribution in [0, 0.1) is 0 Å². The van der Waals surface area contributed by atoms with Crippen LogP contribution in [0.5, 0.6) is 5.75 Å². The lowest BCUT2D eigenvalue weighted by Crippen LogP contribution is -2.37. The summed E-state index contributed by atoms with van der Waals surface area (Å²) in [7, 11) is 0. The SMILES string of the molecule is CC(c1ncnn1-c1ncccn1)N(CCC(F)(F)F)C(=O)c1cc(Cl)cc(OC(F)(F)F)c1. The Morgan fingerprint density at radius 2 is 1.79 bits per heavy atom. The summed E-state index contributed by atoms with van der Waals surface area (Å²) in [6.45, 7) is 0.559. The highest BCUT2D eigenvalue weighted by Crippen LogP contribution is 2.30. The number of benzene rings is 1. The van der Waals surface area contributed by atoms with Gasteiger partial charge in [0.2, 0.25) is 0 Å². The van der Waals surface area contributed by atoms with Crippen LogP contribution in [0.1, 0.15) is 35.6 Å². The lowest BCUT2D eigenvalue weighted by atomic mass is 10.1. The first-order chi connectivity index (χ1) is 15.8. The first kappa shape index (κ1) is 25.2. The Morgan fingerprint density at radius 1 is 1.12 bits per heavy atom. The summed E-state index contributed by atoms with van der Waals surface area (Å²) in [4.78, 5) is 26.0. The molecule has 1 amide bonds. The highest BCUT2D eigenvalue weighted by atomic mass is 35.5. The van der Waals surface area contributed by atoms with Crippen LogP contribution in [0.2, 0.25) is 5.02 Å². The molecule has 2 heterocycles.